The van der Waals surface area contributed by atoms with Crippen molar-refractivity contribution in [3.8, 4) is 0 Å². The van der Waals surface area contributed by atoms with Gasteiger partial charge in [-0.25, -0.2) is 4.79 Å². The lowest BCUT2D eigenvalue weighted by atomic mass is 10.0. The van der Waals surface area contributed by atoms with Gasteiger partial charge in [0.05, 0.1) is 29.9 Å². The highest BCUT2D eigenvalue weighted by Crippen LogP contribution is 2.39. The Kier molecular flexibility index (Phi) is 8.72. The first-order chi connectivity index (χ1) is 17.7. The van der Waals surface area contributed by atoms with Crippen molar-refractivity contribution >= 4 is 44.8 Å². The van der Waals surface area contributed by atoms with Crippen LogP contribution in [-0.2, 0) is 32.7 Å². The lowest BCUT2D eigenvalue weighted by molar-refractivity contribution is -0.123. The maximum atomic E-state index is 13.5. The second kappa shape index (κ2) is 12.0. The normalized spacial score (nSPS) is 20.3. The van der Waals surface area contributed by atoms with Crippen molar-refractivity contribution < 1.29 is 27.3 Å². The number of amides is 2. The molecule has 2 aliphatic rings. The molecular weight excluding hydrogens is 516 g/mol. The number of aliphatic imine (C=N–C) groups is 1. The average Bonchev–Trinajstić information content (AvgIpc) is 3.47. The molecule has 2 unspecified atom stereocenters. The minimum Gasteiger partial charge on any atom is -0.453 e. The Morgan fingerprint density at radius 3 is 2.41 bits per heavy atom. The monoisotopic (exact) mass is 546 g/mol. The number of hydrogen-bond acceptors (Lipinski definition) is 7. The Bertz CT molecular complexity index is 1240. The molecule has 0 bridgehead atoms. The van der Waals surface area contributed by atoms with Crippen LogP contribution < -0.4 is 15.4 Å². The fraction of sp³-hybridized carbons (Fsp3) is 0.400. The molecule has 4 rings (SSSR count). The minimum absolute atomic E-state index is 0.221. The topological polar surface area (TPSA) is 146 Å². The first kappa shape index (κ1) is 27.0. The number of anilines is 1. The summed E-state index contributed by atoms with van der Waals surface area (Å²) in [6.07, 6.45) is 3.25. The van der Waals surface area contributed by atoms with Gasteiger partial charge in [0, 0.05) is 11.7 Å². The molecule has 1 aliphatic carbocycles. The highest BCUT2D eigenvalue weighted by molar-refractivity contribution is 8.15. The number of benzene rings is 2. The summed E-state index contributed by atoms with van der Waals surface area (Å²) in [6, 6.07) is 14.9. The molecule has 4 N–H and O–H groups in total. The molecule has 2 aromatic rings. The summed E-state index contributed by atoms with van der Waals surface area (Å²) < 4.78 is 37.9. The van der Waals surface area contributed by atoms with Gasteiger partial charge in [-0.1, -0.05) is 48.9 Å². The smallest absolute Gasteiger partial charge is 0.407 e. The van der Waals surface area contributed by atoms with Gasteiger partial charge in [-0.3, -0.25) is 19.1 Å². The molecule has 4 atom stereocenters. The van der Waals surface area contributed by atoms with Crippen LogP contribution in [0.4, 0.5) is 10.5 Å². The first-order valence-electron chi connectivity index (χ1n) is 12.0. The number of carbonyl (C=O) groups is 2. The van der Waals surface area contributed by atoms with E-state index in [1.54, 1.807) is 23.9 Å². The van der Waals surface area contributed by atoms with E-state index in [2.05, 4.69) is 10.6 Å². The highest BCUT2D eigenvalue weighted by Gasteiger charge is 2.37. The van der Waals surface area contributed by atoms with Crippen molar-refractivity contribution in [2.24, 2.45) is 4.99 Å². The van der Waals surface area contributed by atoms with E-state index >= 15 is 0 Å². The van der Waals surface area contributed by atoms with Crippen LogP contribution in [0.1, 0.15) is 30.4 Å². The van der Waals surface area contributed by atoms with Gasteiger partial charge in [0.2, 0.25) is 5.91 Å². The van der Waals surface area contributed by atoms with Gasteiger partial charge in [0.15, 0.2) is 0 Å². The van der Waals surface area contributed by atoms with Crippen LogP contribution in [0.2, 0.25) is 0 Å². The number of carbonyl (C=O) groups excluding carboxylic acids is 2. The van der Waals surface area contributed by atoms with Gasteiger partial charge < -0.3 is 15.4 Å². The molecule has 10 nitrogen and oxygen atoms in total. The zero-order valence-corrected chi connectivity index (χ0v) is 21.9. The molecule has 1 saturated carbocycles. The lowest BCUT2D eigenvalue weighted by Gasteiger charge is -2.24. The molecule has 1 aliphatic heterocycles. The van der Waals surface area contributed by atoms with Crippen LogP contribution in [0.25, 0.3) is 0 Å². The summed E-state index contributed by atoms with van der Waals surface area (Å²) in [6.45, 7) is 0. The van der Waals surface area contributed by atoms with E-state index in [9.17, 15) is 18.0 Å². The van der Waals surface area contributed by atoms with Crippen LogP contribution in [-0.4, -0.2) is 60.5 Å². The number of rotatable bonds is 10. The quantitative estimate of drug-likeness (QED) is 0.335. The third kappa shape index (κ3) is 7.70. The Hall–Kier alpha value is -3.09. The van der Waals surface area contributed by atoms with E-state index in [1.165, 1.54) is 19.2 Å². The van der Waals surface area contributed by atoms with Crippen molar-refractivity contribution in [2.45, 2.75) is 55.5 Å². The molecule has 198 valence electrons. The van der Waals surface area contributed by atoms with Crippen molar-refractivity contribution in [3.05, 3.63) is 65.7 Å². The van der Waals surface area contributed by atoms with Gasteiger partial charge in [-0.15, -0.1) is 11.8 Å². The molecule has 0 spiro atoms. The second-order valence-electron chi connectivity index (χ2n) is 9.04. The molecule has 1 heterocycles. The fourth-order valence-corrected chi connectivity index (χ4v) is 6.42. The van der Waals surface area contributed by atoms with Crippen molar-refractivity contribution in [2.75, 3.05) is 11.8 Å². The van der Waals surface area contributed by atoms with Gasteiger partial charge in [0.1, 0.15) is 6.04 Å². The molecule has 2 aromatic carbocycles. The van der Waals surface area contributed by atoms with Gasteiger partial charge >= 0.3 is 16.4 Å². The van der Waals surface area contributed by atoms with Crippen LogP contribution in [0.3, 0.4) is 0 Å². The molecule has 0 saturated heterocycles. The summed E-state index contributed by atoms with van der Waals surface area (Å²) >= 11 is 1.69. The SMILES string of the molecule is COC(=O)N[C@@H](Cc1ccccc1)C(=O)N[C@@H](Cc1ccc(NS(=O)(=O)O)cc1)C1=NC2CCCC2S1. The summed E-state index contributed by atoms with van der Waals surface area (Å²) in [5, 5.41) is 6.98. The lowest BCUT2D eigenvalue weighted by Crippen LogP contribution is -2.52. The van der Waals surface area contributed by atoms with Gasteiger partial charge in [0.25, 0.3) is 0 Å². The molecule has 2 amide bonds. The molecular formula is C25H30N4O6S2. The number of thioether (sulfide) groups is 1. The third-order valence-electron chi connectivity index (χ3n) is 6.31. The van der Waals surface area contributed by atoms with Crippen LogP contribution in [0, 0.1) is 0 Å². The van der Waals surface area contributed by atoms with Crippen LogP contribution in [0.5, 0.6) is 0 Å². The predicted molar refractivity (Wildman–Crippen MR) is 143 cm³/mol. The Balaban J connectivity index is 1.53. The van der Waals surface area contributed by atoms with E-state index in [-0.39, 0.29) is 24.1 Å². The summed E-state index contributed by atoms with van der Waals surface area (Å²) in [5.74, 6) is -0.357. The number of ether oxygens (including phenoxy) is 1. The molecule has 0 aromatic heterocycles. The van der Waals surface area contributed by atoms with E-state index in [0.29, 0.717) is 11.7 Å². The largest absolute Gasteiger partial charge is 0.453 e. The minimum atomic E-state index is -4.37. The number of nitrogens with one attached hydrogen (secondary N) is 3. The molecule has 0 radical (unpaired) electrons. The number of nitrogens with zero attached hydrogens (tertiary/aromatic N) is 1. The Morgan fingerprint density at radius 1 is 1.05 bits per heavy atom. The second-order valence-corrected chi connectivity index (χ2v) is 11.5. The van der Waals surface area contributed by atoms with E-state index in [4.69, 9.17) is 14.3 Å². The summed E-state index contributed by atoms with van der Waals surface area (Å²) in [7, 11) is -3.12. The van der Waals surface area contributed by atoms with Crippen LogP contribution in [0.15, 0.2) is 59.6 Å². The van der Waals surface area contributed by atoms with E-state index in [0.717, 1.165) is 35.4 Å². The standard InChI is InChI=1S/C25H30N4O6S2/c1-35-25(31)28-20(14-16-6-3-2-4-7-16)23(30)26-21(24-27-19-8-5-9-22(19)36-24)15-17-10-12-18(13-11-17)29-37(32,33)34/h2-4,6-7,10-13,19-22,29H,5,8-9,14-15H2,1H3,(H,26,30)(H,28,31)(H,32,33,34)/t19?,20-,21-,22?/m0/s1. The molecule has 12 heteroatoms. The van der Waals surface area contributed by atoms with Crippen molar-refractivity contribution in [3.63, 3.8) is 0 Å². The van der Waals surface area contributed by atoms with Gasteiger partial charge in [-0.2, -0.15) is 8.42 Å². The predicted octanol–water partition coefficient (Wildman–Crippen LogP) is 2.96. The van der Waals surface area contributed by atoms with Crippen molar-refractivity contribution in [1.29, 1.82) is 0 Å². The van der Waals surface area contributed by atoms with E-state index in [1.807, 2.05) is 35.1 Å². The molecule has 37 heavy (non-hydrogen) atoms. The number of hydrogen-bond donors (Lipinski definition) is 4. The first-order valence-corrected chi connectivity index (χ1v) is 14.3. The maximum absolute atomic E-state index is 13.5. The zero-order chi connectivity index (χ0) is 26.4. The zero-order valence-electron chi connectivity index (χ0n) is 20.3. The van der Waals surface area contributed by atoms with Crippen LogP contribution >= 0.6 is 11.8 Å². The number of fused-ring (bicyclic) bond motifs is 1. The number of alkyl carbamates (subject to hydrolysis) is 1. The number of methoxy groups -OCH3 is 1. The molecule has 1 fully saturated rings. The Labute approximate surface area is 220 Å². The van der Waals surface area contributed by atoms with Gasteiger partial charge in [-0.05, 0) is 42.5 Å². The Morgan fingerprint density at radius 2 is 1.76 bits per heavy atom. The van der Waals surface area contributed by atoms with Crippen molar-refractivity contribution in [1.82, 2.24) is 10.6 Å². The fourth-order valence-electron chi connectivity index (χ4n) is 4.54. The third-order valence-corrected chi connectivity index (χ3v) is 8.29. The highest BCUT2D eigenvalue weighted by atomic mass is 32.2. The van der Waals surface area contributed by atoms with E-state index < -0.39 is 28.5 Å². The summed E-state index contributed by atoms with van der Waals surface area (Å²) in [5.41, 5.74) is 1.95. The maximum Gasteiger partial charge on any atom is 0.407 e. The average molecular weight is 547 g/mol. The summed E-state index contributed by atoms with van der Waals surface area (Å²) in [4.78, 5) is 30.4.